The minimum Gasteiger partial charge on any atom is -0.380 e. The van der Waals surface area contributed by atoms with Crippen molar-refractivity contribution < 1.29 is 13.2 Å². The summed E-state index contributed by atoms with van der Waals surface area (Å²) in [6.45, 7) is 3.40. The van der Waals surface area contributed by atoms with E-state index in [1.807, 2.05) is 13.0 Å². The summed E-state index contributed by atoms with van der Waals surface area (Å²) in [5.74, 6) is 0.459. The number of thiophene rings is 1. The third-order valence-electron chi connectivity index (χ3n) is 2.23. The van der Waals surface area contributed by atoms with Gasteiger partial charge in [-0.05, 0) is 25.0 Å². The number of hydrogen-bond donors (Lipinski definition) is 1. The second-order valence-electron chi connectivity index (χ2n) is 3.63. The van der Waals surface area contributed by atoms with Gasteiger partial charge in [0.1, 0.15) is 4.21 Å². The van der Waals surface area contributed by atoms with Crippen molar-refractivity contribution in [3.63, 3.8) is 0 Å². The fourth-order valence-electron chi connectivity index (χ4n) is 1.30. The zero-order valence-corrected chi connectivity index (χ0v) is 12.7. The minimum absolute atomic E-state index is 0.376. The quantitative estimate of drug-likeness (QED) is 0.562. The van der Waals surface area contributed by atoms with Crippen LogP contribution in [0.4, 0.5) is 0 Å². The first-order valence-corrected chi connectivity index (χ1v) is 8.65. The molecule has 0 saturated heterocycles. The molecule has 1 heterocycles. The number of rotatable bonds is 9. The molecule has 1 N–H and O–H groups in total. The molecule has 0 spiro atoms. The van der Waals surface area contributed by atoms with E-state index in [-0.39, 0.29) is 0 Å². The summed E-state index contributed by atoms with van der Waals surface area (Å²) in [7, 11) is -3.36. The molecule has 0 atom stereocenters. The van der Waals surface area contributed by atoms with Gasteiger partial charge in [0.2, 0.25) is 10.0 Å². The first-order valence-electron chi connectivity index (χ1n) is 5.82. The highest BCUT2D eigenvalue weighted by atomic mass is 35.5. The fourth-order valence-corrected chi connectivity index (χ4v) is 3.82. The van der Waals surface area contributed by atoms with Gasteiger partial charge in [-0.1, -0.05) is 6.92 Å². The molecule has 1 rings (SSSR count). The average Bonchev–Trinajstić information content (AvgIpc) is 2.83. The van der Waals surface area contributed by atoms with Crippen molar-refractivity contribution >= 4 is 33.0 Å². The van der Waals surface area contributed by atoms with Crippen LogP contribution in [0, 0.1) is 0 Å². The highest BCUT2D eigenvalue weighted by Crippen LogP contribution is 2.21. The fraction of sp³-hybridized carbons (Fsp3) is 0.636. The number of hydrogen-bond acceptors (Lipinski definition) is 4. The molecule has 0 radical (unpaired) electrons. The molecule has 0 bridgehead atoms. The summed E-state index contributed by atoms with van der Waals surface area (Å²) in [4.78, 5) is 1.07. The topological polar surface area (TPSA) is 55.4 Å². The molecule has 4 nitrogen and oxygen atoms in total. The van der Waals surface area contributed by atoms with Crippen molar-refractivity contribution in [2.75, 3.05) is 25.6 Å². The van der Waals surface area contributed by atoms with Crippen molar-refractivity contribution in [2.45, 2.75) is 24.0 Å². The summed E-state index contributed by atoms with van der Waals surface area (Å²) in [5.41, 5.74) is 0. The van der Waals surface area contributed by atoms with Crippen molar-refractivity contribution in [3.05, 3.63) is 17.0 Å². The van der Waals surface area contributed by atoms with Gasteiger partial charge in [-0.3, -0.25) is 0 Å². The van der Waals surface area contributed by atoms with Gasteiger partial charge in [0.15, 0.2) is 0 Å². The highest BCUT2D eigenvalue weighted by Gasteiger charge is 2.15. The van der Waals surface area contributed by atoms with E-state index in [1.165, 1.54) is 11.3 Å². The lowest BCUT2D eigenvalue weighted by atomic mass is 10.4. The van der Waals surface area contributed by atoms with Crippen LogP contribution in [0.3, 0.4) is 0 Å². The number of alkyl halides is 1. The SMILES string of the molecule is CCc1ccc(S(=O)(=O)NCCCOCCCl)s1. The van der Waals surface area contributed by atoms with E-state index < -0.39 is 10.0 Å². The average molecular weight is 312 g/mol. The zero-order chi connectivity index (χ0) is 13.4. The molecule has 0 aliphatic carbocycles. The lowest BCUT2D eigenvalue weighted by Crippen LogP contribution is -2.24. The van der Waals surface area contributed by atoms with Crippen molar-refractivity contribution in [3.8, 4) is 0 Å². The molecular weight excluding hydrogens is 294 g/mol. The van der Waals surface area contributed by atoms with E-state index in [0.717, 1.165) is 11.3 Å². The molecule has 0 unspecified atom stereocenters. The summed E-state index contributed by atoms with van der Waals surface area (Å²) < 4.78 is 31.9. The van der Waals surface area contributed by atoms with Gasteiger partial charge in [-0.15, -0.1) is 22.9 Å². The van der Waals surface area contributed by atoms with Crippen LogP contribution in [0.2, 0.25) is 0 Å². The third-order valence-corrected chi connectivity index (χ3v) is 5.57. The highest BCUT2D eigenvalue weighted by molar-refractivity contribution is 7.91. The van der Waals surface area contributed by atoms with E-state index in [0.29, 0.717) is 36.3 Å². The van der Waals surface area contributed by atoms with Crippen LogP contribution < -0.4 is 4.72 Å². The number of aryl methyl sites for hydroxylation is 1. The maximum absolute atomic E-state index is 11.9. The van der Waals surface area contributed by atoms with Gasteiger partial charge < -0.3 is 4.74 Å². The lowest BCUT2D eigenvalue weighted by molar-refractivity contribution is 0.147. The first kappa shape index (κ1) is 15.9. The van der Waals surface area contributed by atoms with Gasteiger partial charge in [0.25, 0.3) is 0 Å². The molecule has 104 valence electrons. The molecule has 1 aromatic heterocycles. The Morgan fingerprint density at radius 3 is 2.78 bits per heavy atom. The van der Waals surface area contributed by atoms with Gasteiger partial charge >= 0.3 is 0 Å². The van der Waals surface area contributed by atoms with Crippen molar-refractivity contribution in [1.82, 2.24) is 4.72 Å². The Hall–Kier alpha value is -0.140. The third kappa shape index (κ3) is 5.24. The van der Waals surface area contributed by atoms with E-state index >= 15 is 0 Å². The van der Waals surface area contributed by atoms with Gasteiger partial charge in [0.05, 0.1) is 6.61 Å². The standard InChI is InChI=1S/C11H18ClNO3S2/c1-2-10-4-5-11(17-10)18(14,15)13-7-3-8-16-9-6-12/h4-5,13H,2-3,6-9H2,1H3. The molecule has 0 aliphatic heterocycles. The summed E-state index contributed by atoms with van der Waals surface area (Å²) in [5, 5.41) is 0. The molecule has 0 aliphatic rings. The zero-order valence-electron chi connectivity index (χ0n) is 10.3. The van der Waals surface area contributed by atoms with E-state index in [9.17, 15) is 8.42 Å². The Labute approximate surface area is 117 Å². The predicted octanol–water partition coefficient (Wildman–Crippen LogP) is 2.23. The minimum atomic E-state index is -3.36. The number of ether oxygens (including phenoxy) is 1. The van der Waals surface area contributed by atoms with Gasteiger partial charge in [-0.25, -0.2) is 13.1 Å². The second-order valence-corrected chi connectivity index (χ2v) is 7.17. The van der Waals surface area contributed by atoms with Crippen LogP contribution in [0.25, 0.3) is 0 Å². The Kier molecular flexibility index (Phi) is 7.18. The van der Waals surface area contributed by atoms with Gasteiger partial charge in [-0.2, -0.15) is 0 Å². The summed E-state index contributed by atoms with van der Waals surface area (Å²) in [6.07, 6.45) is 1.49. The van der Waals surface area contributed by atoms with Crippen LogP contribution in [-0.4, -0.2) is 34.1 Å². The Morgan fingerprint density at radius 2 is 2.17 bits per heavy atom. The van der Waals surface area contributed by atoms with Crippen LogP contribution in [0.1, 0.15) is 18.2 Å². The summed E-state index contributed by atoms with van der Waals surface area (Å²) in [6, 6.07) is 3.50. The first-order chi connectivity index (χ1) is 8.60. The second kappa shape index (κ2) is 8.12. The molecule has 1 aromatic rings. The Balaban J connectivity index is 2.36. The Bertz CT molecular complexity index is 445. The maximum Gasteiger partial charge on any atom is 0.250 e. The molecule has 0 fully saturated rings. The van der Waals surface area contributed by atoms with Crippen LogP contribution in [0.5, 0.6) is 0 Å². The van der Waals surface area contributed by atoms with E-state index in [2.05, 4.69) is 4.72 Å². The number of halogens is 1. The van der Waals surface area contributed by atoms with Crippen molar-refractivity contribution in [1.29, 1.82) is 0 Å². The molecule has 0 saturated carbocycles. The van der Waals surface area contributed by atoms with Crippen LogP contribution in [-0.2, 0) is 21.2 Å². The van der Waals surface area contributed by atoms with Gasteiger partial charge in [0, 0.05) is 23.9 Å². The van der Waals surface area contributed by atoms with E-state index in [4.69, 9.17) is 16.3 Å². The number of sulfonamides is 1. The monoisotopic (exact) mass is 311 g/mol. The molecule has 0 amide bonds. The Morgan fingerprint density at radius 1 is 1.39 bits per heavy atom. The normalized spacial score (nSPS) is 11.9. The lowest BCUT2D eigenvalue weighted by Gasteiger charge is -2.05. The van der Waals surface area contributed by atoms with Crippen LogP contribution in [0.15, 0.2) is 16.3 Å². The van der Waals surface area contributed by atoms with Crippen molar-refractivity contribution in [2.24, 2.45) is 0 Å². The van der Waals surface area contributed by atoms with Crippen LogP contribution >= 0.6 is 22.9 Å². The largest absolute Gasteiger partial charge is 0.380 e. The molecular formula is C11H18ClNO3S2. The predicted molar refractivity (Wildman–Crippen MR) is 75.0 cm³/mol. The number of nitrogens with one attached hydrogen (secondary N) is 1. The van der Waals surface area contributed by atoms with E-state index in [1.54, 1.807) is 6.07 Å². The summed E-state index contributed by atoms with van der Waals surface area (Å²) >= 11 is 6.76. The molecule has 18 heavy (non-hydrogen) atoms. The molecule has 0 aromatic carbocycles. The molecule has 7 heteroatoms. The smallest absolute Gasteiger partial charge is 0.250 e. The maximum atomic E-state index is 11.9.